The first-order chi connectivity index (χ1) is 7.78. The standard InChI is InChI=1S/C11H17FN2O2S/c1-14(5-6-17(2,15)16)8-9-3-4-11(13)10(12)7-9/h3-4,7H,5-6,8,13H2,1-2H3. The summed E-state index contributed by atoms with van der Waals surface area (Å²) < 4.78 is 35.1. The lowest BCUT2D eigenvalue weighted by molar-refractivity contribution is 0.345. The lowest BCUT2D eigenvalue weighted by Gasteiger charge is -2.16. The molecule has 1 aromatic rings. The van der Waals surface area contributed by atoms with Gasteiger partial charge in [0.15, 0.2) is 0 Å². The second kappa shape index (κ2) is 5.46. The third kappa shape index (κ3) is 5.14. The van der Waals surface area contributed by atoms with E-state index in [9.17, 15) is 12.8 Å². The van der Waals surface area contributed by atoms with Gasteiger partial charge in [-0.25, -0.2) is 12.8 Å². The summed E-state index contributed by atoms with van der Waals surface area (Å²) in [5.41, 5.74) is 6.26. The molecule has 0 atom stereocenters. The SMILES string of the molecule is CN(CCS(C)(=O)=O)Cc1ccc(N)c(F)c1. The van der Waals surface area contributed by atoms with E-state index in [2.05, 4.69) is 0 Å². The molecule has 0 fully saturated rings. The van der Waals surface area contributed by atoms with Gasteiger partial charge < -0.3 is 10.6 Å². The largest absolute Gasteiger partial charge is 0.396 e. The molecule has 0 unspecified atom stereocenters. The number of nitrogen functional groups attached to an aromatic ring is 1. The zero-order valence-corrected chi connectivity index (χ0v) is 10.8. The Hall–Kier alpha value is -1.14. The van der Waals surface area contributed by atoms with Gasteiger partial charge in [-0.15, -0.1) is 0 Å². The van der Waals surface area contributed by atoms with Crippen LogP contribution in [0, 0.1) is 5.82 Å². The van der Waals surface area contributed by atoms with Crippen LogP contribution in [0.3, 0.4) is 0 Å². The molecule has 0 amide bonds. The predicted molar refractivity (Wildman–Crippen MR) is 66.9 cm³/mol. The topological polar surface area (TPSA) is 63.4 Å². The number of rotatable bonds is 5. The Kier molecular flexibility index (Phi) is 4.47. The average Bonchev–Trinajstić information content (AvgIpc) is 2.20. The fourth-order valence-corrected chi connectivity index (χ4v) is 2.02. The second-order valence-electron chi connectivity index (χ2n) is 4.22. The molecule has 1 rings (SSSR count). The van der Waals surface area contributed by atoms with Crippen LogP contribution >= 0.6 is 0 Å². The molecule has 96 valence electrons. The molecule has 0 aliphatic carbocycles. The number of halogens is 1. The third-order valence-electron chi connectivity index (χ3n) is 2.36. The predicted octanol–water partition coefficient (Wildman–Crippen LogP) is 0.884. The molecular formula is C11H17FN2O2S. The highest BCUT2D eigenvalue weighted by Crippen LogP contribution is 2.13. The third-order valence-corrected chi connectivity index (χ3v) is 3.29. The molecule has 4 nitrogen and oxygen atoms in total. The van der Waals surface area contributed by atoms with Crippen LogP contribution in [0.5, 0.6) is 0 Å². The Balaban J connectivity index is 2.56. The van der Waals surface area contributed by atoms with Gasteiger partial charge in [-0.3, -0.25) is 0 Å². The number of nitrogens with two attached hydrogens (primary N) is 1. The van der Waals surface area contributed by atoms with E-state index in [0.29, 0.717) is 13.1 Å². The van der Waals surface area contributed by atoms with Crippen molar-refractivity contribution >= 4 is 15.5 Å². The summed E-state index contributed by atoms with van der Waals surface area (Å²) in [6.45, 7) is 0.914. The molecule has 6 heteroatoms. The Morgan fingerprint density at radius 3 is 2.59 bits per heavy atom. The van der Waals surface area contributed by atoms with Crippen LogP contribution in [-0.4, -0.2) is 38.9 Å². The maximum absolute atomic E-state index is 13.2. The van der Waals surface area contributed by atoms with Crippen molar-refractivity contribution in [2.45, 2.75) is 6.54 Å². The van der Waals surface area contributed by atoms with Gasteiger partial charge in [-0.2, -0.15) is 0 Å². The molecule has 0 heterocycles. The van der Waals surface area contributed by atoms with Gasteiger partial charge in [-0.1, -0.05) is 6.07 Å². The van der Waals surface area contributed by atoms with Gasteiger partial charge in [0, 0.05) is 19.3 Å². The van der Waals surface area contributed by atoms with Gasteiger partial charge in [-0.05, 0) is 24.7 Å². The summed E-state index contributed by atoms with van der Waals surface area (Å²) in [5, 5.41) is 0. The summed E-state index contributed by atoms with van der Waals surface area (Å²) in [5.74, 6) is -0.347. The summed E-state index contributed by atoms with van der Waals surface area (Å²) >= 11 is 0. The Morgan fingerprint density at radius 2 is 2.06 bits per heavy atom. The number of hydrogen-bond acceptors (Lipinski definition) is 4. The summed E-state index contributed by atoms with van der Waals surface area (Å²) in [6.07, 6.45) is 1.20. The lowest BCUT2D eigenvalue weighted by Crippen LogP contribution is -2.24. The van der Waals surface area contributed by atoms with E-state index in [4.69, 9.17) is 5.73 Å². The lowest BCUT2D eigenvalue weighted by atomic mass is 10.2. The first-order valence-corrected chi connectivity index (χ1v) is 7.24. The van der Waals surface area contributed by atoms with E-state index >= 15 is 0 Å². The minimum atomic E-state index is -2.96. The summed E-state index contributed by atoms with van der Waals surface area (Å²) in [7, 11) is -1.17. The Bertz CT molecular complexity index is 488. The van der Waals surface area contributed by atoms with Crippen LogP contribution in [0.25, 0.3) is 0 Å². The fraction of sp³-hybridized carbons (Fsp3) is 0.455. The van der Waals surface area contributed by atoms with Crippen molar-refractivity contribution in [2.24, 2.45) is 0 Å². The average molecular weight is 260 g/mol. The molecule has 0 aliphatic heterocycles. The highest BCUT2D eigenvalue weighted by atomic mass is 32.2. The zero-order valence-electron chi connectivity index (χ0n) is 9.98. The highest BCUT2D eigenvalue weighted by molar-refractivity contribution is 7.90. The molecule has 0 saturated carbocycles. The molecule has 1 aromatic carbocycles. The van der Waals surface area contributed by atoms with Crippen molar-refractivity contribution in [3.63, 3.8) is 0 Å². The van der Waals surface area contributed by atoms with E-state index in [1.807, 2.05) is 4.90 Å². The maximum atomic E-state index is 13.2. The molecule has 0 saturated heterocycles. The Labute approximate surface area is 101 Å². The van der Waals surface area contributed by atoms with Gasteiger partial charge in [0.1, 0.15) is 15.7 Å². The van der Waals surface area contributed by atoms with Crippen LogP contribution in [-0.2, 0) is 16.4 Å². The van der Waals surface area contributed by atoms with Crippen molar-refractivity contribution in [1.82, 2.24) is 4.90 Å². The van der Waals surface area contributed by atoms with Crippen molar-refractivity contribution in [1.29, 1.82) is 0 Å². The van der Waals surface area contributed by atoms with Gasteiger partial charge in [0.05, 0.1) is 11.4 Å². The number of hydrogen-bond donors (Lipinski definition) is 1. The normalized spacial score (nSPS) is 12.0. The fourth-order valence-electron chi connectivity index (χ4n) is 1.38. The summed E-state index contributed by atoms with van der Waals surface area (Å²) in [6, 6.07) is 4.61. The molecule has 0 spiro atoms. The molecule has 0 bridgehead atoms. The van der Waals surface area contributed by atoms with E-state index < -0.39 is 15.7 Å². The smallest absolute Gasteiger partial charge is 0.148 e. The van der Waals surface area contributed by atoms with Crippen molar-refractivity contribution in [3.8, 4) is 0 Å². The van der Waals surface area contributed by atoms with E-state index in [0.717, 1.165) is 5.56 Å². The molecule has 0 radical (unpaired) electrons. The Morgan fingerprint density at radius 1 is 1.41 bits per heavy atom. The van der Waals surface area contributed by atoms with Gasteiger partial charge >= 0.3 is 0 Å². The molecule has 0 aromatic heterocycles. The highest BCUT2D eigenvalue weighted by Gasteiger charge is 2.07. The monoisotopic (exact) mass is 260 g/mol. The minimum absolute atomic E-state index is 0.0982. The van der Waals surface area contributed by atoms with E-state index in [1.54, 1.807) is 13.1 Å². The molecule has 2 N–H and O–H groups in total. The van der Waals surface area contributed by atoms with Crippen LogP contribution in [0.2, 0.25) is 0 Å². The van der Waals surface area contributed by atoms with Crippen molar-refractivity contribution in [2.75, 3.05) is 31.3 Å². The molecular weight excluding hydrogens is 243 g/mol. The quantitative estimate of drug-likeness (QED) is 0.798. The zero-order chi connectivity index (χ0) is 13.1. The first-order valence-electron chi connectivity index (χ1n) is 5.18. The van der Waals surface area contributed by atoms with Crippen LogP contribution in [0.1, 0.15) is 5.56 Å². The van der Waals surface area contributed by atoms with Gasteiger partial charge in [0.2, 0.25) is 0 Å². The second-order valence-corrected chi connectivity index (χ2v) is 6.48. The number of nitrogens with zero attached hydrogens (tertiary/aromatic N) is 1. The van der Waals surface area contributed by atoms with E-state index in [-0.39, 0.29) is 11.4 Å². The van der Waals surface area contributed by atoms with Crippen LogP contribution in [0.15, 0.2) is 18.2 Å². The van der Waals surface area contributed by atoms with Crippen molar-refractivity contribution in [3.05, 3.63) is 29.6 Å². The number of benzene rings is 1. The minimum Gasteiger partial charge on any atom is -0.396 e. The first kappa shape index (κ1) is 13.9. The van der Waals surface area contributed by atoms with Crippen LogP contribution in [0.4, 0.5) is 10.1 Å². The summed E-state index contributed by atoms with van der Waals surface area (Å²) in [4.78, 5) is 1.83. The van der Waals surface area contributed by atoms with E-state index in [1.165, 1.54) is 18.4 Å². The van der Waals surface area contributed by atoms with Crippen LogP contribution < -0.4 is 5.73 Å². The van der Waals surface area contributed by atoms with Crippen molar-refractivity contribution < 1.29 is 12.8 Å². The van der Waals surface area contributed by atoms with Gasteiger partial charge in [0.25, 0.3) is 0 Å². The molecule has 17 heavy (non-hydrogen) atoms. The number of sulfone groups is 1. The maximum Gasteiger partial charge on any atom is 0.148 e. The number of anilines is 1. The molecule has 0 aliphatic rings.